The summed E-state index contributed by atoms with van der Waals surface area (Å²) in [6.07, 6.45) is 6.72. The maximum Gasteiger partial charge on any atom is 0.221 e. The smallest absolute Gasteiger partial charge is 0.109 e. The van der Waals surface area contributed by atoms with Crippen LogP contribution in [0.15, 0.2) is 109 Å². The van der Waals surface area contributed by atoms with E-state index in [2.05, 4.69) is 116 Å². The second-order valence-electron chi connectivity index (χ2n) is 6.73. The zero-order chi connectivity index (χ0) is 17.1. The van der Waals surface area contributed by atoms with Gasteiger partial charge < -0.3 is 0 Å². The highest BCUT2D eigenvalue weighted by atomic mass is 14.3. The number of hydrogen-bond donors (Lipinski definition) is 0. The van der Waals surface area contributed by atoms with Crippen LogP contribution < -0.4 is 5.46 Å². The molecule has 0 radical (unpaired) electrons. The molecule has 1 aliphatic rings. The molecule has 1 aliphatic heterocycles. The Morgan fingerprint density at radius 2 is 1.20 bits per heavy atom. The van der Waals surface area contributed by atoms with Gasteiger partial charge in [0.25, 0.3) is 0 Å². The Morgan fingerprint density at radius 1 is 0.640 bits per heavy atom. The zero-order valence-corrected chi connectivity index (χ0v) is 14.5. The highest BCUT2D eigenvalue weighted by Gasteiger charge is 2.43. The van der Waals surface area contributed by atoms with Crippen LogP contribution in [-0.2, 0) is 5.31 Å². The van der Waals surface area contributed by atoms with E-state index in [1.54, 1.807) is 0 Å². The van der Waals surface area contributed by atoms with E-state index in [1.807, 2.05) is 0 Å². The van der Waals surface area contributed by atoms with E-state index in [4.69, 9.17) is 0 Å². The molecule has 0 N–H and O–H groups in total. The van der Waals surface area contributed by atoms with Gasteiger partial charge in [0.2, 0.25) is 6.71 Å². The van der Waals surface area contributed by atoms with Gasteiger partial charge >= 0.3 is 0 Å². The maximum absolute atomic E-state index is 2.36. The molecule has 120 valence electrons. The van der Waals surface area contributed by atoms with Crippen LogP contribution in [-0.4, -0.2) is 6.71 Å². The summed E-state index contributed by atoms with van der Waals surface area (Å²) < 4.78 is 0. The number of allylic oxidation sites excluding steroid dienone is 3. The van der Waals surface area contributed by atoms with Gasteiger partial charge in [-0.2, -0.15) is 0 Å². The van der Waals surface area contributed by atoms with Gasteiger partial charge in [-0.05, 0) is 18.1 Å². The van der Waals surface area contributed by atoms with E-state index in [9.17, 15) is 0 Å². The van der Waals surface area contributed by atoms with Gasteiger partial charge in [-0.1, -0.05) is 114 Å². The average Bonchev–Trinajstić information content (AvgIpc) is 2.70. The quantitative estimate of drug-likeness (QED) is 0.603. The molecule has 3 aromatic carbocycles. The summed E-state index contributed by atoms with van der Waals surface area (Å²) in [5.41, 5.74) is 5.29. The summed E-state index contributed by atoms with van der Waals surface area (Å²) in [6.45, 7) is 2.41. The van der Waals surface area contributed by atoms with Crippen LogP contribution in [0.1, 0.15) is 16.7 Å². The van der Waals surface area contributed by atoms with Crippen molar-refractivity contribution in [1.29, 1.82) is 0 Å². The fourth-order valence-corrected chi connectivity index (χ4v) is 3.93. The molecule has 0 atom stereocenters. The lowest BCUT2D eigenvalue weighted by atomic mass is 9.26. The molecule has 1 heterocycles. The Morgan fingerprint density at radius 3 is 1.76 bits per heavy atom. The first-order chi connectivity index (χ1) is 12.3. The molecule has 0 unspecified atom stereocenters. The van der Waals surface area contributed by atoms with Crippen LogP contribution >= 0.6 is 0 Å². The van der Waals surface area contributed by atoms with E-state index in [0.29, 0.717) is 0 Å². The molecule has 0 amide bonds. The zero-order valence-electron chi connectivity index (χ0n) is 14.5. The molecule has 0 aliphatic carbocycles. The highest BCUT2D eigenvalue weighted by molar-refractivity contribution is 6.81. The van der Waals surface area contributed by atoms with Gasteiger partial charge in [-0.25, -0.2) is 0 Å². The molecule has 25 heavy (non-hydrogen) atoms. The molecule has 1 heteroatoms. The molecule has 0 spiro atoms. The van der Waals surface area contributed by atoms with Crippen LogP contribution in [0, 0.1) is 6.92 Å². The molecule has 0 aromatic heterocycles. The minimum atomic E-state index is -0.188. The fraction of sp³-hybridized carbons (Fsp3) is 0.0833. The molecule has 0 nitrogen and oxygen atoms in total. The Kier molecular flexibility index (Phi) is 4.15. The SMILES string of the molecule is Cc1ccc(B2C=CC=CC2(c2ccccc2)c2ccccc2)cc1. The number of aryl methyl sites for hydroxylation is 1. The summed E-state index contributed by atoms with van der Waals surface area (Å²) in [7, 11) is 0. The third-order valence-electron chi connectivity index (χ3n) is 5.20. The Labute approximate surface area is 150 Å². The van der Waals surface area contributed by atoms with Crippen molar-refractivity contribution in [3.8, 4) is 0 Å². The predicted molar refractivity (Wildman–Crippen MR) is 109 cm³/mol. The lowest BCUT2D eigenvalue weighted by Gasteiger charge is -2.38. The average molecular weight is 320 g/mol. The largest absolute Gasteiger partial charge is 0.221 e. The van der Waals surface area contributed by atoms with E-state index in [0.717, 1.165) is 0 Å². The van der Waals surface area contributed by atoms with Gasteiger partial charge in [-0.3, -0.25) is 0 Å². The number of hydrogen-bond acceptors (Lipinski definition) is 0. The van der Waals surface area contributed by atoms with Crippen LogP contribution in [0.2, 0.25) is 0 Å². The Hall–Kier alpha value is -2.80. The van der Waals surface area contributed by atoms with Crippen molar-refractivity contribution in [1.82, 2.24) is 0 Å². The summed E-state index contributed by atoms with van der Waals surface area (Å²) in [4.78, 5) is 0. The van der Waals surface area contributed by atoms with E-state index < -0.39 is 0 Å². The first-order valence-electron chi connectivity index (χ1n) is 8.84. The van der Waals surface area contributed by atoms with Crippen LogP contribution in [0.3, 0.4) is 0 Å². The first kappa shape index (κ1) is 15.7. The van der Waals surface area contributed by atoms with Crippen molar-refractivity contribution in [2.75, 3.05) is 0 Å². The van der Waals surface area contributed by atoms with Crippen LogP contribution in [0.4, 0.5) is 0 Å². The molecule has 4 rings (SSSR count). The normalized spacial score (nSPS) is 15.3. The molecular formula is C24H21B. The molecule has 3 aromatic rings. The van der Waals surface area contributed by atoms with Crippen molar-refractivity contribution < 1.29 is 0 Å². The summed E-state index contributed by atoms with van der Waals surface area (Å²) in [5, 5.41) is -0.188. The monoisotopic (exact) mass is 320 g/mol. The maximum atomic E-state index is 2.36. The van der Waals surface area contributed by atoms with Gasteiger partial charge in [-0.15, -0.1) is 5.98 Å². The van der Waals surface area contributed by atoms with Gasteiger partial charge in [0.05, 0.1) is 0 Å². The van der Waals surface area contributed by atoms with E-state index in [-0.39, 0.29) is 12.0 Å². The molecular weight excluding hydrogens is 299 g/mol. The van der Waals surface area contributed by atoms with Crippen molar-refractivity contribution in [2.45, 2.75) is 12.2 Å². The van der Waals surface area contributed by atoms with E-state index in [1.165, 1.54) is 22.2 Å². The molecule has 0 saturated carbocycles. The van der Waals surface area contributed by atoms with Gasteiger partial charge in [0.1, 0.15) is 0 Å². The standard InChI is InChI=1S/C24H21B/c1-20-14-16-23(17-15-20)25-19-9-8-18-24(25,21-10-4-2-5-11-21)22-12-6-3-7-13-22/h2-19H,1H3. The van der Waals surface area contributed by atoms with Crippen molar-refractivity contribution in [3.05, 3.63) is 126 Å². The summed E-state index contributed by atoms with van der Waals surface area (Å²) in [5.74, 6) is 2.34. The van der Waals surface area contributed by atoms with Gasteiger partial charge in [0.15, 0.2) is 0 Å². The predicted octanol–water partition coefficient (Wildman–Crippen LogP) is 4.89. The summed E-state index contributed by atoms with van der Waals surface area (Å²) >= 11 is 0. The minimum absolute atomic E-state index is 0.188. The molecule has 0 fully saturated rings. The number of rotatable bonds is 3. The third-order valence-corrected chi connectivity index (χ3v) is 5.20. The lowest BCUT2D eigenvalue weighted by Crippen LogP contribution is -2.50. The topological polar surface area (TPSA) is 0 Å². The van der Waals surface area contributed by atoms with Gasteiger partial charge in [0, 0.05) is 5.31 Å². The minimum Gasteiger partial charge on any atom is -0.109 e. The van der Waals surface area contributed by atoms with Crippen molar-refractivity contribution in [2.24, 2.45) is 0 Å². The molecule has 0 bridgehead atoms. The van der Waals surface area contributed by atoms with Crippen molar-refractivity contribution in [3.63, 3.8) is 0 Å². The second-order valence-corrected chi connectivity index (χ2v) is 6.73. The Balaban J connectivity index is 1.96. The summed E-state index contributed by atoms with van der Waals surface area (Å²) in [6, 6.07) is 30.7. The van der Waals surface area contributed by atoms with E-state index >= 15 is 0 Å². The number of benzene rings is 3. The van der Waals surface area contributed by atoms with Crippen LogP contribution in [0.25, 0.3) is 0 Å². The third kappa shape index (κ3) is 2.76. The lowest BCUT2D eigenvalue weighted by molar-refractivity contribution is 0.896. The molecule has 0 saturated heterocycles. The van der Waals surface area contributed by atoms with Crippen molar-refractivity contribution >= 4 is 12.2 Å². The fourth-order valence-electron chi connectivity index (χ4n) is 3.93. The highest BCUT2D eigenvalue weighted by Crippen LogP contribution is 2.38. The van der Waals surface area contributed by atoms with Crippen LogP contribution in [0.5, 0.6) is 0 Å². The second kappa shape index (κ2) is 6.60. The Bertz CT molecular complexity index is 850. The first-order valence-corrected chi connectivity index (χ1v) is 8.84.